The van der Waals surface area contributed by atoms with Gasteiger partial charge >= 0.3 is 64.5 Å². The van der Waals surface area contributed by atoms with Crippen LogP contribution in [0.25, 0.3) is 0 Å². The molecule has 1 nitrogen and oxygen atoms in total. The van der Waals surface area contributed by atoms with E-state index < -0.39 is 13.7 Å². The molecule has 0 aliphatic rings. The van der Waals surface area contributed by atoms with Crippen LogP contribution in [0.2, 0.25) is 0 Å². The number of rotatable bonds is 1. The van der Waals surface area contributed by atoms with Gasteiger partial charge in [0, 0.05) is 0 Å². The fraction of sp³-hybridized carbons (Fsp3) is 1.00. The first kappa shape index (κ1) is 9.41. The van der Waals surface area contributed by atoms with Gasteiger partial charge in [-0.2, -0.15) is 0 Å². The first-order valence-corrected chi connectivity index (χ1v) is 15.5. The minimum atomic E-state index is -3.36. The summed E-state index contributed by atoms with van der Waals surface area (Å²) in [6.45, 7) is 3.81. The first-order valence-electron chi connectivity index (χ1n) is 2.12. The number of hydrogen-bond acceptors (Lipinski definition) is 1. The molecule has 0 rings (SSSR count). The Balaban J connectivity index is 3.95. The fourth-order valence-electron chi connectivity index (χ4n) is 0.262. The molecule has 50 valence electrons. The summed E-state index contributed by atoms with van der Waals surface area (Å²) >= 11 is -3.36. The molecule has 8 heavy (non-hydrogen) atoms. The van der Waals surface area contributed by atoms with Gasteiger partial charge in [0.2, 0.25) is 0 Å². The fourth-order valence-corrected chi connectivity index (χ4v) is 6.43. The molecule has 0 aliphatic heterocycles. The molecule has 0 N–H and O–H groups in total. The van der Waals surface area contributed by atoms with Crippen LogP contribution in [0.3, 0.4) is 0 Å². The van der Waals surface area contributed by atoms with Crippen LogP contribution in [0.5, 0.6) is 0 Å². The molecule has 0 atom stereocenters. The van der Waals surface area contributed by atoms with Gasteiger partial charge in [0.25, 0.3) is 0 Å². The normalized spacial score (nSPS) is 12.2. The third kappa shape index (κ3) is 7.41. The van der Waals surface area contributed by atoms with Gasteiger partial charge in [0.1, 0.15) is 0 Å². The average Bonchev–Trinajstić information content (AvgIpc) is 1.21. The van der Waals surface area contributed by atoms with E-state index in [2.05, 4.69) is 3.34 Å². The van der Waals surface area contributed by atoms with E-state index in [0.717, 1.165) is 0 Å². The van der Waals surface area contributed by atoms with E-state index in [1.54, 1.807) is 0 Å². The molecular formula is C3H7Cl3NTa. The maximum absolute atomic E-state index is 5.51. The first-order chi connectivity index (χ1) is 3.42. The number of halogens is 3. The van der Waals surface area contributed by atoms with Crippen LogP contribution >= 0.6 is 27.6 Å². The molecule has 0 fully saturated rings. The van der Waals surface area contributed by atoms with Gasteiger partial charge in [-0.1, -0.05) is 0 Å². The zero-order valence-electron chi connectivity index (χ0n) is 4.61. The van der Waals surface area contributed by atoms with E-state index in [0.29, 0.717) is 0 Å². The van der Waals surface area contributed by atoms with Crippen molar-refractivity contribution < 1.29 is 13.7 Å². The molecule has 0 aliphatic carbocycles. The number of nitrogens with zero attached hydrogens (tertiary/aromatic N) is 1. The van der Waals surface area contributed by atoms with Crippen molar-refractivity contribution in [3.8, 4) is 0 Å². The van der Waals surface area contributed by atoms with Crippen LogP contribution in [0.4, 0.5) is 0 Å². The quantitative estimate of drug-likeness (QED) is 0.693. The molecule has 0 amide bonds. The molecule has 0 saturated heterocycles. The zero-order valence-corrected chi connectivity index (χ0v) is 10.1. The number of hydrogen-bond donors (Lipinski definition) is 0. The zero-order chi connectivity index (χ0) is 6.78. The summed E-state index contributed by atoms with van der Waals surface area (Å²) in [5.74, 6) is 0. The standard InChI is InChI=1S/C3H7N.3ClH.Ta/c1-3(2)4;;;;/h3H,1-2H3;3*1H;/q;;;;+3/p-3. The molecule has 0 aromatic heterocycles. The van der Waals surface area contributed by atoms with Crippen LogP contribution in [-0.2, 0) is 13.7 Å². The molecule has 0 spiro atoms. The average molecular weight is 344 g/mol. The Morgan fingerprint density at radius 3 is 1.62 bits per heavy atom. The summed E-state index contributed by atoms with van der Waals surface area (Å²) in [6.07, 6.45) is 0. The van der Waals surface area contributed by atoms with Gasteiger partial charge in [-0.15, -0.1) is 0 Å². The van der Waals surface area contributed by atoms with Crippen molar-refractivity contribution in [2.45, 2.75) is 19.9 Å². The molecule has 0 saturated carbocycles. The predicted molar refractivity (Wildman–Crippen MR) is 35.1 cm³/mol. The second-order valence-electron chi connectivity index (χ2n) is 1.63. The van der Waals surface area contributed by atoms with Crippen LogP contribution in [-0.4, -0.2) is 6.04 Å². The Morgan fingerprint density at radius 1 is 1.25 bits per heavy atom. The maximum atomic E-state index is 5.51. The molecule has 0 bridgehead atoms. The van der Waals surface area contributed by atoms with E-state index in [1.165, 1.54) is 0 Å². The van der Waals surface area contributed by atoms with Crippen molar-refractivity contribution in [2.75, 3.05) is 0 Å². The molecular weight excluding hydrogens is 337 g/mol. The van der Waals surface area contributed by atoms with Gasteiger partial charge in [-0.05, 0) is 0 Å². The van der Waals surface area contributed by atoms with E-state index in [4.69, 9.17) is 27.6 Å². The van der Waals surface area contributed by atoms with E-state index in [1.807, 2.05) is 13.8 Å². The Labute approximate surface area is 64.2 Å². The Bertz CT molecular complexity index is 107. The Hall–Kier alpha value is 1.41. The van der Waals surface area contributed by atoms with E-state index >= 15 is 0 Å². The molecule has 0 aromatic rings. The molecule has 0 heterocycles. The van der Waals surface area contributed by atoms with Crippen molar-refractivity contribution in [1.82, 2.24) is 0 Å². The van der Waals surface area contributed by atoms with Crippen molar-refractivity contribution in [3.63, 3.8) is 0 Å². The van der Waals surface area contributed by atoms with Gasteiger partial charge < -0.3 is 0 Å². The molecule has 0 radical (unpaired) electrons. The van der Waals surface area contributed by atoms with Gasteiger partial charge in [-0.3, -0.25) is 0 Å². The second-order valence-corrected chi connectivity index (χ2v) is 21.7. The molecule has 0 unspecified atom stereocenters. The summed E-state index contributed by atoms with van der Waals surface area (Å²) in [6, 6.07) is 0.167. The van der Waals surface area contributed by atoms with Crippen LogP contribution < -0.4 is 0 Å². The molecule has 0 aromatic carbocycles. The van der Waals surface area contributed by atoms with E-state index in [-0.39, 0.29) is 6.04 Å². The topological polar surface area (TPSA) is 12.4 Å². The summed E-state index contributed by atoms with van der Waals surface area (Å²) in [5.41, 5.74) is 0. The van der Waals surface area contributed by atoms with Gasteiger partial charge in [0.05, 0.1) is 0 Å². The van der Waals surface area contributed by atoms with Crippen molar-refractivity contribution >= 4 is 27.6 Å². The predicted octanol–water partition coefficient (Wildman–Crippen LogP) is 3.19. The van der Waals surface area contributed by atoms with E-state index in [9.17, 15) is 0 Å². The summed E-state index contributed by atoms with van der Waals surface area (Å²) in [7, 11) is 16.5. The monoisotopic (exact) mass is 343 g/mol. The summed E-state index contributed by atoms with van der Waals surface area (Å²) in [4.78, 5) is 0. The van der Waals surface area contributed by atoms with Crippen LogP contribution in [0.15, 0.2) is 3.34 Å². The van der Waals surface area contributed by atoms with Gasteiger partial charge in [0.15, 0.2) is 0 Å². The summed E-state index contributed by atoms with van der Waals surface area (Å²) in [5, 5.41) is 0. The van der Waals surface area contributed by atoms with Crippen LogP contribution in [0.1, 0.15) is 13.8 Å². The molecule has 5 heteroatoms. The van der Waals surface area contributed by atoms with Crippen molar-refractivity contribution in [1.29, 1.82) is 0 Å². The third-order valence-corrected chi connectivity index (χ3v) is 5.11. The minimum absolute atomic E-state index is 0.167. The second kappa shape index (κ2) is 3.55. The summed E-state index contributed by atoms with van der Waals surface area (Å²) < 4.78 is 3.92. The van der Waals surface area contributed by atoms with Gasteiger partial charge in [-0.25, -0.2) is 0 Å². The SMILES string of the molecule is CC(C)[N]=[Ta]([Cl])([Cl])[Cl]. The Kier molecular flexibility index (Phi) is 4.17. The Morgan fingerprint density at radius 2 is 1.62 bits per heavy atom. The van der Waals surface area contributed by atoms with Crippen LogP contribution in [0, 0.1) is 0 Å². The van der Waals surface area contributed by atoms with Crippen molar-refractivity contribution in [3.05, 3.63) is 0 Å². The van der Waals surface area contributed by atoms with Crippen molar-refractivity contribution in [2.24, 2.45) is 3.34 Å². The third-order valence-electron chi connectivity index (χ3n) is 0.362.